The molecule has 0 amide bonds. The van der Waals surface area contributed by atoms with Gasteiger partial charge in [-0.15, -0.1) is 0 Å². The molecule has 64 valence electrons. The first-order chi connectivity index (χ1) is 5.00. The summed E-state index contributed by atoms with van der Waals surface area (Å²) in [7, 11) is 0. The Morgan fingerprint density at radius 2 is 2.09 bits per heavy atom. The van der Waals surface area contributed by atoms with E-state index in [0.717, 1.165) is 12.8 Å². The van der Waals surface area contributed by atoms with Crippen LogP contribution in [0.5, 0.6) is 0 Å². The van der Waals surface area contributed by atoms with Crippen molar-refractivity contribution in [2.45, 2.75) is 39.7 Å². The minimum absolute atomic E-state index is 0.292. The summed E-state index contributed by atoms with van der Waals surface area (Å²) in [6.07, 6.45) is 1.76. The zero-order valence-corrected chi connectivity index (χ0v) is 7.61. The molecule has 1 fully saturated rings. The second-order valence-electron chi connectivity index (χ2n) is 4.38. The van der Waals surface area contributed by atoms with Gasteiger partial charge in [0.25, 0.3) is 0 Å². The Kier molecular flexibility index (Phi) is 2.33. The van der Waals surface area contributed by atoms with Crippen LogP contribution in [0.2, 0.25) is 0 Å². The minimum atomic E-state index is 0.292. The van der Waals surface area contributed by atoms with E-state index >= 15 is 0 Å². The van der Waals surface area contributed by atoms with Crippen molar-refractivity contribution in [1.29, 1.82) is 0 Å². The molecule has 1 unspecified atom stereocenters. The van der Waals surface area contributed by atoms with Crippen molar-refractivity contribution in [3.8, 4) is 0 Å². The number of carbonyl (C=O) groups excluding carboxylic acids is 1. The van der Waals surface area contributed by atoms with E-state index in [9.17, 15) is 4.79 Å². The van der Waals surface area contributed by atoms with E-state index in [0.29, 0.717) is 23.8 Å². The number of nitrogens with one attached hydrogen (secondary N) is 1. The summed E-state index contributed by atoms with van der Waals surface area (Å²) in [6.45, 7) is 7.20. The molecule has 1 N–H and O–H groups in total. The normalized spacial score (nSPS) is 27.2. The quantitative estimate of drug-likeness (QED) is 0.572. The molecule has 2 heteroatoms. The zero-order chi connectivity index (χ0) is 8.48. The standard InChI is InChI=1S/C9H17NO/c1-9(2,3)8-5-4-7(11)6-10-8/h8,10H,4-6H2,1-3H3. The van der Waals surface area contributed by atoms with Gasteiger partial charge in [0.2, 0.25) is 0 Å². The van der Waals surface area contributed by atoms with Crippen LogP contribution >= 0.6 is 0 Å². The Bertz CT molecular complexity index is 147. The zero-order valence-electron chi connectivity index (χ0n) is 7.61. The van der Waals surface area contributed by atoms with E-state index in [-0.39, 0.29) is 0 Å². The van der Waals surface area contributed by atoms with Gasteiger partial charge in [0.1, 0.15) is 5.78 Å². The highest BCUT2D eigenvalue weighted by Gasteiger charge is 2.27. The van der Waals surface area contributed by atoms with Gasteiger partial charge in [-0.25, -0.2) is 0 Å². The van der Waals surface area contributed by atoms with Gasteiger partial charge >= 0.3 is 0 Å². The van der Waals surface area contributed by atoms with Gasteiger partial charge in [-0.1, -0.05) is 20.8 Å². The fourth-order valence-electron chi connectivity index (χ4n) is 1.47. The van der Waals surface area contributed by atoms with Gasteiger partial charge in [-0.2, -0.15) is 0 Å². The van der Waals surface area contributed by atoms with Crippen molar-refractivity contribution in [1.82, 2.24) is 5.32 Å². The van der Waals surface area contributed by atoms with E-state index < -0.39 is 0 Å². The third-order valence-corrected chi connectivity index (χ3v) is 2.30. The molecule has 0 aromatic heterocycles. The molecule has 2 nitrogen and oxygen atoms in total. The summed E-state index contributed by atoms with van der Waals surface area (Å²) in [6, 6.07) is 0.514. The number of rotatable bonds is 0. The highest BCUT2D eigenvalue weighted by molar-refractivity contribution is 5.81. The van der Waals surface area contributed by atoms with E-state index in [4.69, 9.17) is 0 Å². The van der Waals surface area contributed by atoms with Gasteiger partial charge in [0.15, 0.2) is 0 Å². The van der Waals surface area contributed by atoms with Crippen LogP contribution in [0, 0.1) is 5.41 Å². The smallest absolute Gasteiger partial charge is 0.146 e. The monoisotopic (exact) mass is 155 g/mol. The first-order valence-electron chi connectivity index (χ1n) is 4.25. The molecule has 0 bridgehead atoms. The van der Waals surface area contributed by atoms with Crippen LogP contribution in [-0.2, 0) is 4.79 Å². The molecule has 1 rings (SSSR count). The van der Waals surface area contributed by atoms with Crippen molar-refractivity contribution in [2.24, 2.45) is 5.41 Å². The molecule has 1 heterocycles. The van der Waals surface area contributed by atoms with Gasteiger partial charge < -0.3 is 5.32 Å². The highest BCUT2D eigenvalue weighted by atomic mass is 16.1. The van der Waals surface area contributed by atoms with Crippen LogP contribution in [0.1, 0.15) is 33.6 Å². The SMILES string of the molecule is CC(C)(C)C1CCC(=O)CN1. The van der Waals surface area contributed by atoms with Gasteiger partial charge in [0.05, 0.1) is 6.54 Å². The first-order valence-corrected chi connectivity index (χ1v) is 4.25. The molecule has 1 aliphatic heterocycles. The largest absolute Gasteiger partial charge is 0.307 e. The first kappa shape index (κ1) is 8.72. The molecular weight excluding hydrogens is 138 g/mol. The van der Waals surface area contributed by atoms with Crippen LogP contribution in [0.4, 0.5) is 0 Å². The van der Waals surface area contributed by atoms with Crippen LogP contribution in [-0.4, -0.2) is 18.4 Å². The number of ketones is 1. The van der Waals surface area contributed by atoms with Gasteiger partial charge in [-0.05, 0) is 11.8 Å². The molecule has 0 saturated carbocycles. The average Bonchev–Trinajstić information content (AvgIpc) is 1.86. The van der Waals surface area contributed by atoms with E-state index in [1.807, 2.05) is 0 Å². The highest BCUT2D eigenvalue weighted by Crippen LogP contribution is 2.24. The summed E-state index contributed by atoms with van der Waals surface area (Å²) in [4.78, 5) is 10.9. The Morgan fingerprint density at radius 3 is 2.45 bits per heavy atom. The molecule has 0 spiro atoms. The molecule has 0 aliphatic carbocycles. The maximum absolute atomic E-state index is 10.9. The summed E-state index contributed by atoms with van der Waals surface area (Å²) in [5.74, 6) is 0.352. The van der Waals surface area contributed by atoms with Gasteiger partial charge in [0, 0.05) is 12.5 Å². The predicted octanol–water partition coefficient (Wildman–Crippen LogP) is 1.35. The minimum Gasteiger partial charge on any atom is -0.307 e. The maximum Gasteiger partial charge on any atom is 0.146 e. The Hall–Kier alpha value is -0.370. The van der Waals surface area contributed by atoms with Crippen LogP contribution in [0.25, 0.3) is 0 Å². The van der Waals surface area contributed by atoms with Crippen molar-refractivity contribution in [3.63, 3.8) is 0 Å². The lowest BCUT2D eigenvalue weighted by Crippen LogP contribution is -2.46. The predicted molar refractivity (Wildman–Crippen MR) is 45.5 cm³/mol. The molecule has 1 aliphatic rings. The van der Waals surface area contributed by atoms with E-state index in [2.05, 4.69) is 26.1 Å². The number of carbonyl (C=O) groups is 1. The molecule has 0 aromatic rings. The van der Waals surface area contributed by atoms with Crippen molar-refractivity contribution in [2.75, 3.05) is 6.54 Å². The van der Waals surface area contributed by atoms with E-state index in [1.54, 1.807) is 0 Å². The Balaban J connectivity index is 2.45. The summed E-state index contributed by atoms with van der Waals surface area (Å²) < 4.78 is 0. The third-order valence-electron chi connectivity index (χ3n) is 2.30. The fraction of sp³-hybridized carbons (Fsp3) is 0.889. The topological polar surface area (TPSA) is 29.1 Å². The number of piperidine rings is 1. The molecule has 0 radical (unpaired) electrons. The second-order valence-corrected chi connectivity index (χ2v) is 4.38. The van der Waals surface area contributed by atoms with Crippen molar-refractivity contribution in [3.05, 3.63) is 0 Å². The Labute approximate surface area is 68.4 Å². The lowest BCUT2D eigenvalue weighted by atomic mass is 9.82. The van der Waals surface area contributed by atoms with Crippen LogP contribution in [0.15, 0.2) is 0 Å². The lowest BCUT2D eigenvalue weighted by Gasteiger charge is -2.34. The molecular formula is C9H17NO. The third kappa shape index (κ3) is 2.29. The maximum atomic E-state index is 10.9. The average molecular weight is 155 g/mol. The van der Waals surface area contributed by atoms with Crippen molar-refractivity contribution < 1.29 is 4.79 Å². The number of hydrogen-bond acceptors (Lipinski definition) is 2. The molecule has 1 atom stereocenters. The summed E-state index contributed by atoms with van der Waals surface area (Å²) in [5, 5.41) is 3.26. The molecule has 1 saturated heterocycles. The van der Waals surface area contributed by atoms with Crippen LogP contribution < -0.4 is 5.32 Å². The number of hydrogen-bond donors (Lipinski definition) is 1. The summed E-state index contributed by atoms with van der Waals surface area (Å²) in [5.41, 5.74) is 0.292. The van der Waals surface area contributed by atoms with Crippen LogP contribution in [0.3, 0.4) is 0 Å². The number of Topliss-reactive ketones (excluding diaryl/α,β-unsaturated/α-hetero) is 1. The fourth-order valence-corrected chi connectivity index (χ4v) is 1.47. The van der Waals surface area contributed by atoms with E-state index in [1.165, 1.54) is 0 Å². The molecule has 0 aromatic carbocycles. The Morgan fingerprint density at radius 1 is 1.45 bits per heavy atom. The van der Waals surface area contributed by atoms with Gasteiger partial charge in [-0.3, -0.25) is 4.79 Å². The second kappa shape index (κ2) is 2.94. The molecule has 11 heavy (non-hydrogen) atoms. The van der Waals surface area contributed by atoms with Crippen molar-refractivity contribution >= 4 is 5.78 Å². The lowest BCUT2D eigenvalue weighted by molar-refractivity contribution is -0.120. The summed E-state index contributed by atoms with van der Waals surface area (Å²) >= 11 is 0.